The van der Waals surface area contributed by atoms with Crippen LogP contribution in [0.2, 0.25) is 0 Å². The predicted molar refractivity (Wildman–Crippen MR) is 91.7 cm³/mol. The summed E-state index contributed by atoms with van der Waals surface area (Å²) >= 11 is 0. The molecule has 24 heavy (non-hydrogen) atoms. The highest BCUT2D eigenvalue weighted by atomic mass is 32.2. The first-order valence-electron chi connectivity index (χ1n) is 7.46. The molecule has 0 saturated heterocycles. The van der Waals surface area contributed by atoms with E-state index in [0.29, 0.717) is 28.1 Å². The molecule has 0 bridgehead atoms. The zero-order valence-electron chi connectivity index (χ0n) is 13.1. The topological polar surface area (TPSA) is 75.6 Å². The number of likely N-dealkylation sites (N-methyl/N-ethyl adjacent to an activating group) is 1. The number of benzene rings is 2. The Balaban J connectivity index is 2.12. The van der Waals surface area contributed by atoms with Crippen LogP contribution in [0.4, 0.5) is 0 Å². The van der Waals surface area contributed by atoms with Crippen LogP contribution in [0, 0.1) is 6.92 Å². The lowest BCUT2D eigenvalue weighted by molar-refractivity contribution is 0.102. The van der Waals surface area contributed by atoms with Gasteiger partial charge < -0.3 is 5.32 Å². The molecule has 1 aliphatic heterocycles. The Hall–Kier alpha value is -2.73. The van der Waals surface area contributed by atoms with Crippen LogP contribution in [0.5, 0.6) is 0 Å². The van der Waals surface area contributed by atoms with Gasteiger partial charge in [0.1, 0.15) is 0 Å². The third kappa shape index (κ3) is 1.89. The third-order valence-corrected chi connectivity index (χ3v) is 5.59. The first-order valence-corrected chi connectivity index (χ1v) is 8.90. The second kappa shape index (κ2) is 4.88. The van der Waals surface area contributed by atoms with E-state index in [0.717, 1.165) is 11.1 Å². The Kier molecular flexibility index (Phi) is 3.02. The van der Waals surface area contributed by atoms with Crippen LogP contribution in [0.1, 0.15) is 27.0 Å². The van der Waals surface area contributed by atoms with Crippen LogP contribution in [-0.2, 0) is 10.0 Å². The normalized spacial score (nSPS) is 17.6. The van der Waals surface area contributed by atoms with Crippen molar-refractivity contribution in [2.75, 3.05) is 7.05 Å². The zero-order valence-corrected chi connectivity index (χ0v) is 13.9. The monoisotopic (exact) mass is 338 g/mol. The number of nitrogens with zero attached hydrogens (tertiary/aromatic N) is 1. The van der Waals surface area contributed by atoms with Gasteiger partial charge in [-0.1, -0.05) is 42.0 Å². The largest absolute Gasteiger partial charge is 0.384 e. The number of aryl methyl sites for hydroxylation is 1. The highest BCUT2D eigenvalue weighted by molar-refractivity contribution is 7.90. The number of nitrogens with one attached hydrogen (secondary N) is 1. The second-order valence-corrected chi connectivity index (χ2v) is 7.36. The number of rotatable bonds is 2. The minimum Gasteiger partial charge on any atom is -0.384 e. The second-order valence-electron chi connectivity index (χ2n) is 5.79. The maximum absolute atomic E-state index is 12.9. The Bertz CT molecular complexity index is 1080. The van der Waals surface area contributed by atoms with E-state index in [1.165, 1.54) is 6.07 Å². The number of ketones is 1. The molecular formula is C18H14N2O3S. The van der Waals surface area contributed by atoms with Crippen molar-refractivity contribution in [1.29, 1.82) is 0 Å². The molecular weight excluding hydrogens is 324 g/mol. The van der Waals surface area contributed by atoms with Crippen molar-refractivity contribution in [3.8, 4) is 0 Å². The van der Waals surface area contributed by atoms with Gasteiger partial charge in [0.15, 0.2) is 0 Å². The Morgan fingerprint density at radius 1 is 1.08 bits per heavy atom. The molecule has 1 aliphatic carbocycles. The quantitative estimate of drug-likeness (QED) is 0.912. The average Bonchev–Trinajstić information content (AvgIpc) is 2.83. The molecule has 0 spiro atoms. The maximum Gasteiger partial charge on any atom is 0.283 e. The van der Waals surface area contributed by atoms with Gasteiger partial charge >= 0.3 is 0 Å². The Labute approximate surface area is 139 Å². The maximum atomic E-state index is 12.9. The summed E-state index contributed by atoms with van der Waals surface area (Å²) in [5.41, 5.74) is 3.81. The summed E-state index contributed by atoms with van der Waals surface area (Å²) in [6.07, 6.45) is 0. The number of Topliss-reactive ketones (excluding diaryl/α,β-unsaturated/α-hetero) is 1. The van der Waals surface area contributed by atoms with Crippen molar-refractivity contribution < 1.29 is 13.2 Å². The van der Waals surface area contributed by atoms with E-state index < -0.39 is 10.0 Å². The molecule has 5 nitrogen and oxygen atoms in total. The van der Waals surface area contributed by atoms with Gasteiger partial charge in [-0.05, 0) is 18.6 Å². The van der Waals surface area contributed by atoms with Gasteiger partial charge in [0.05, 0.1) is 16.3 Å². The van der Waals surface area contributed by atoms with Crippen LogP contribution in [0.3, 0.4) is 0 Å². The summed E-state index contributed by atoms with van der Waals surface area (Å²) in [7, 11) is -2.13. The Morgan fingerprint density at radius 2 is 1.83 bits per heavy atom. The fraction of sp³-hybridized carbons (Fsp3) is 0.111. The molecule has 0 saturated carbocycles. The molecule has 0 unspecified atom stereocenters. The molecule has 6 heteroatoms. The molecule has 2 aliphatic rings. The van der Waals surface area contributed by atoms with Crippen LogP contribution in [0.15, 0.2) is 57.5 Å². The van der Waals surface area contributed by atoms with Crippen LogP contribution < -0.4 is 5.32 Å². The highest BCUT2D eigenvalue weighted by Gasteiger charge is 2.40. The summed E-state index contributed by atoms with van der Waals surface area (Å²) in [5.74, 6) is -0.220. The van der Waals surface area contributed by atoms with Gasteiger partial charge in [-0.25, -0.2) is 0 Å². The molecule has 0 fully saturated rings. The number of hydrogen-bond donors (Lipinski definition) is 1. The molecule has 0 radical (unpaired) electrons. The van der Waals surface area contributed by atoms with Crippen LogP contribution in [-0.4, -0.2) is 27.0 Å². The van der Waals surface area contributed by atoms with Gasteiger partial charge in [-0.3, -0.25) is 4.79 Å². The number of sulfonamides is 1. The molecule has 2 aromatic rings. The van der Waals surface area contributed by atoms with Crippen LogP contribution in [0.25, 0.3) is 5.57 Å². The fourth-order valence-electron chi connectivity index (χ4n) is 3.25. The first kappa shape index (κ1) is 14.8. The van der Waals surface area contributed by atoms with E-state index in [9.17, 15) is 13.2 Å². The molecule has 1 N–H and O–H groups in total. The summed E-state index contributed by atoms with van der Waals surface area (Å²) in [5, 5.41) is 2.93. The lowest BCUT2D eigenvalue weighted by Crippen LogP contribution is -2.27. The summed E-state index contributed by atoms with van der Waals surface area (Å²) in [4.78, 5) is 13.0. The van der Waals surface area contributed by atoms with Crippen molar-refractivity contribution in [2.45, 2.75) is 11.8 Å². The van der Waals surface area contributed by atoms with E-state index in [4.69, 9.17) is 0 Å². The van der Waals surface area contributed by atoms with Crippen molar-refractivity contribution in [2.24, 2.45) is 4.40 Å². The van der Waals surface area contributed by atoms with Crippen molar-refractivity contribution >= 4 is 27.1 Å². The first-order chi connectivity index (χ1) is 11.4. The Morgan fingerprint density at radius 3 is 2.54 bits per heavy atom. The van der Waals surface area contributed by atoms with E-state index >= 15 is 0 Å². The predicted octanol–water partition coefficient (Wildman–Crippen LogP) is 2.31. The van der Waals surface area contributed by atoms with Gasteiger partial charge in [-0.2, -0.15) is 12.8 Å². The minimum absolute atomic E-state index is 0.101. The molecule has 120 valence electrons. The van der Waals surface area contributed by atoms with E-state index in [-0.39, 0.29) is 10.7 Å². The van der Waals surface area contributed by atoms with Gasteiger partial charge in [0.25, 0.3) is 10.0 Å². The van der Waals surface area contributed by atoms with Crippen molar-refractivity contribution in [3.05, 3.63) is 70.4 Å². The summed E-state index contributed by atoms with van der Waals surface area (Å²) < 4.78 is 28.8. The van der Waals surface area contributed by atoms with Gasteiger partial charge in [0.2, 0.25) is 5.78 Å². The zero-order chi connectivity index (χ0) is 17.1. The number of carbonyl (C=O) groups excluding carboxylic acids is 1. The lowest BCUT2D eigenvalue weighted by Gasteiger charge is -2.22. The van der Waals surface area contributed by atoms with E-state index in [1.807, 2.05) is 31.2 Å². The van der Waals surface area contributed by atoms with Gasteiger partial charge in [-0.15, -0.1) is 0 Å². The minimum atomic E-state index is -3.78. The standard InChI is InChI=1S/C18H14N2O3S/c1-10-5-3-6-11(9-10)14-16-15-12(18(21)17(14)19-2)7-4-8-13(15)24(22,23)20-16/h3-9,19H,1-2H3. The fourth-order valence-corrected chi connectivity index (χ4v) is 4.49. The van der Waals surface area contributed by atoms with Crippen molar-refractivity contribution in [3.63, 3.8) is 0 Å². The number of carbonyl (C=O) groups is 1. The summed E-state index contributed by atoms with van der Waals surface area (Å²) in [6.45, 7) is 1.94. The van der Waals surface area contributed by atoms with Crippen LogP contribution >= 0.6 is 0 Å². The molecule has 0 aromatic heterocycles. The third-order valence-electron chi connectivity index (χ3n) is 4.27. The molecule has 1 heterocycles. The van der Waals surface area contributed by atoms with Crippen molar-refractivity contribution in [1.82, 2.24) is 5.32 Å². The highest BCUT2D eigenvalue weighted by Crippen LogP contribution is 2.40. The average molecular weight is 338 g/mol. The number of allylic oxidation sites excluding steroid dienone is 2. The van der Waals surface area contributed by atoms with Gasteiger partial charge in [0, 0.05) is 23.7 Å². The lowest BCUT2D eigenvalue weighted by atomic mass is 9.83. The SMILES string of the molecule is CNC1=C(c2cccc(C)c2)C2=NS(=O)(=O)c3cccc(c32)C1=O. The van der Waals surface area contributed by atoms with E-state index in [2.05, 4.69) is 9.71 Å². The molecule has 0 amide bonds. The molecule has 0 atom stereocenters. The number of hydrogen-bond acceptors (Lipinski definition) is 4. The molecule has 4 rings (SSSR count). The smallest absolute Gasteiger partial charge is 0.283 e. The molecule has 2 aromatic carbocycles. The summed E-state index contributed by atoms with van der Waals surface area (Å²) in [6, 6.07) is 12.3. The van der Waals surface area contributed by atoms with E-state index in [1.54, 1.807) is 19.2 Å².